The molecule has 2 N–H and O–H groups in total. The number of hydrogen-bond acceptors (Lipinski definition) is 18. The predicted molar refractivity (Wildman–Crippen MR) is 285 cm³/mol. The third-order valence-electron chi connectivity index (χ3n) is 13.1. The third-order valence-corrected chi connectivity index (χ3v) is 13.1. The van der Waals surface area contributed by atoms with Crippen LogP contribution in [0.5, 0.6) is 0 Å². The molecule has 7 rings (SSSR count). The van der Waals surface area contributed by atoms with Crippen LogP contribution in [0.15, 0.2) is 109 Å². The molecule has 1 amide bonds. The number of imidazole rings is 1. The van der Waals surface area contributed by atoms with Crippen molar-refractivity contribution in [3.8, 4) is 0 Å². The highest BCUT2D eigenvalue weighted by molar-refractivity contribution is 5.91. The zero-order valence-electron chi connectivity index (χ0n) is 44.8. The first-order valence-electron chi connectivity index (χ1n) is 26.7. The lowest BCUT2D eigenvalue weighted by Crippen LogP contribution is -2.58. The van der Waals surface area contributed by atoms with E-state index in [1.807, 2.05) is 21.0 Å². The molecule has 1 unspecified atom stereocenters. The number of nitrogens with one attached hydrogen (secondary N) is 1. The van der Waals surface area contributed by atoms with Crippen LogP contribution in [0.4, 0.5) is 5.82 Å². The standard InChI is InChI=1S/C57H69N7O15/c1-5-41-48(77-45(68)29-28-44(66)67)50(53(75-41)64-36-61-46-51(62-35-63(3)4)59-34-60-52(46)64)72-31-19-7-6-18-30-58-43(65)27-17-20-32-73-57-37(2)47(78-55(70)39-23-13-9-14-24-39)49(79-56(71)40-25-15-10-16-26-40)42(76-57)33-74-54(69)38-21-11-8-12-22-38/h8-16,21-26,34-37,41-42,47-50,53,57H,5-7,17-20,27-33H2,1-4H3,(H,58,65)(H,66,67)/t37-,41-,42-,47-,48?,49+,50+,53-,57-/m1/s1. The monoisotopic (exact) mass is 1090 g/mol. The molecule has 22 nitrogen and oxygen atoms in total. The zero-order valence-corrected chi connectivity index (χ0v) is 44.8. The summed E-state index contributed by atoms with van der Waals surface area (Å²) in [7, 11) is 3.67. The van der Waals surface area contributed by atoms with E-state index in [4.69, 9.17) is 43.0 Å². The number of nitrogens with zero attached hydrogens (tertiary/aromatic N) is 6. The second-order valence-electron chi connectivity index (χ2n) is 19.3. The normalized spacial score (nSPS) is 21.8. The van der Waals surface area contributed by atoms with Crippen molar-refractivity contribution in [2.45, 2.75) is 127 Å². The molecule has 422 valence electrons. The molecule has 22 heteroatoms. The number of carboxylic acid groups (broad SMARTS) is 1. The van der Waals surface area contributed by atoms with Gasteiger partial charge >= 0.3 is 29.8 Å². The quantitative estimate of drug-likeness (QED) is 0.0160. The van der Waals surface area contributed by atoms with Crippen LogP contribution in [0.3, 0.4) is 0 Å². The van der Waals surface area contributed by atoms with Crippen LogP contribution >= 0.6 is 0 Å². The molecule has 0 saturated carbocycles. The van der Waals surface area contributed by atoms with Crippen LogP contribution in [0.2, 0.25) is 0 Å². The van der Waals surface area contributed by atoms with E-state index in [-0.39, 0.29) is 49.5 Å². The van der Waals surface area contributed by atoms with E-state index < -0.39 is 84.9 Å². The fraction of sp³-hybridized carbons (Fsp3) is 0.474. The number of esters is 4. The zero-order chi connectivity index (χ0) is 56.1. The van der Waals surface area contributed by atoms with Gasteiger partial charge in [-0.1, -0.05) is 81.3 Å². The molecule has 0 radical (unpaired) electrons. The van der Waals surface area contributed by atoms with Gasteiger partial charge in [0, 0.05) is 46.2 Å². The van der Waals surface area contributed by atoms with Crippen molar-refractivity contribution in [2.75, 3.05) is 40.5 Å². The number of carbonyl (C=O) groups excluding carboxylic acids is 5. The van der Waals surface area contributed by atoms with Crippen molar-refractivity contribution >= 4 is 59.1 Å². The van der Waals surface area contributed by atoms with Crippen molar-refractivity contribution in [1.82, 2.24) is 29.7 Å². The Bertz CT molecular complexity index is 2800. The van der Waals surface area contributed by atoms with Crippen LogP contribution in [0.25, 0.3) is 11.2 Å². The average Bonchev–Trinajstić information content (AvgIpc) is 4.28. The molecule has 2 aromatic heterocycles. The molecule has 0 spiro atoms. The Hall–Kier alpha value is -7.66. The number of aliphatic carboxylic acids is 1. The van der Waals surface area contributed by atoms with Crippen molar-refractivity contribution in [2.24, 2.45) is 10.9 Å². The van der Waals surface area contributed by atoms with E-state index in [1.165, 1.54) is 6.33 Å². The molecular formula is C57H69N7O15. The molecule has 9 atom stereocenters. The van der Waals surface area contributed by atoms with Crippen molar-refractivity contribution in [3.05, 3.63) is 120 Å². The van der Waals surface area contributed by atoms with Gasteiger partial charge in [0.15, 0.2) is 41.7 Å². The molecular weight excluding hydrogens is 1020 g/mol. The van der Waals surface area contributed by atoms with Gasteiger partial charge in [0.2, 0.25) is 5.91 Å². The number of aromatic nitrogens is 4. The van der Waals surface area contributed by atoms with Gasteiger partial charge in [-0.15, -0.1) is 0 Å². The fourth-order valence-electron chi connectivity index (χ4n) is 9.02. The Kier molecular flexibility index (Phi) is 22.3. The predicted octanol–water partition coefficient (Wildman–Crippen LogP) is 7.05. The number of ether oxygens (including phenoxy) is 8. The maximum absolute atomic E-state index is 13.6. The van der Waals surface area contributed by atoms with Crippen LogP contribution in [0.1, 0.15) is 115 Å². The van der Waals surface area contributed by atoms with Gasteiger partial charge in [0.1, 0.15) is 31.2 Å². The number of fused-ring (bicyclic) bond motifs is 1. The number of carbonyl (C=O) groups is 6. The molecule has 2 fully saturated rings. The first-order chi connectivity index (χ1) is 38.3. The summed E-state index contributed by atoms with van der Waals surface area (Å²) in [5.74, 6) is -4.17. The number of unbranched alkanes of at least 4 members (excludes halogenated alkanes) is 4. The van der Waals surface area contributed by atoms with E-state index in [1.54, 1.807) is 120 Å². The average molecular weight is 1090 g/mol. The summed E-state index contributed by atoms with van der Waals surface area (Å²) >= 11 is 0. The second-order valence-corrected chi connectivity index (χ2v) is 19.3. The third kappa shape index (κ3) is 16.9. The van der Waals surface area contributed by atoms with Crippen molar-refractivity contribution in [1.29, 1.82) is 0 Å². The summed E-state index contributed by atoms with van der Waals surface area (Å²) in [5, 5.41) is 12.2. The van der Waals surface area contributed by atoms with E-state index in [0.717, 1.165) is 19.3 Å². The summed E-state index contributed by atoms with van der Waals surface area (Å²) in [5.41, 5.74) is 1.74. The lowest BCUT2D eigenvalue weighted by molar-refractivity contribution is -0.281. The molecule has 79 heavy (non-hydrogen) atoms. The van der Waals surface area contributed by atoms with Crippen LogP contribution in [-0.2, 0) is 52.3 Å². The summed E-state index contributed by atoms with van der Waals surface area (Å²) < 4.78 is 50.9. The minimum absolute atomic E-state index is 0.113. The molecule has 2 aliphatic heterocycles. The molecule has 5 aromatic rings. The van der Waals surface area contributed by atoms with Gasteiger partial charge in [-0.05, 0) is 68.5 Å². The number of aliphatic imine (C=N–C) groups is 1. The highest BCUT2D eigenvalue weighted by Crippen LogP contribution is 2.38. The van der Waals surface area contributed by atoms with Crippen LogP contribution < -0.4 is 5.32 Å². The number of benzene rings is 3. The maximum Gasteiger partial charge on any atom is 0.338 e. The first kappa shape index (κ1) is 59.0. The molecule has 0 aliphatic carbocycles. The van der Waals surface area contributed by atoms with Crippen molar-refractivity contribution in [3.63, 3.8) is 0 Å². The Morgan fingerprint density at radius 2 is 1.29 bits per heavy atom. The highest BCUT2D eigenvalue weighted by atomic mass is 16.7. The second kappa shape index (κ2) is 29.9. The minimum Gasteiger partial charge on any atom is -0.481 e. The van der Waals surface area contributed by atoms with Gasteiger partial charge in [0.25, 0.3) is 0 Å². The SMILES string of the molecule is CC[C@H]1O[C@@H](n2cnc3c(N=CN(C)C)ncnc32)[C@@H](OCCCCCCNC(=O)CCCCO[C@@H]2O[C@H](COC(=O)c3ccccc3)[C@H](OC(=O)c3ccccc3)[C@H](OC(=O)c3ccccc3)[C@H]2C)C1OC(=O)CCC(=O)O. The van der Waals surface area contributed by atoms with E-state index in [0.29, 0.717) is 61.4 Å². The van der Waals surface area contributed by atoms with Gasteiger partial charge in [0.05, 0.1) is 48.3 Å². The van der Waals surface area contributed by atoms with E-state index >= 15 is 0 Å². The van der Waals surface area contributed by atoms with E-state index in [9.17, 15) is 28.8 Å². The Morgan fingerprint density at radius 3 is 1.94 bits per heavy atom. The Labute approximate surface area is 458 Å². The topological polar surface area (TPSA) is 268 Å². The fourth-order valence-corrected chi connectivity index (χ4v) is 9.02. The lowest BCUT2D eigenvalue weighted by Gasteiger charge is -2.44. The molecule has 0 bridgehead atoms. The van der Waals surface area contributed by atoms with Crippen LogP contribution in [-0.4, -0.2) is 155 Å². The largest absolute Gasteiger partial charge is 0.481 e. The number of rotatable bonds is 29. The molecule has 4 heterocycles. The smallest absolute Gasteiger partial charge is 0.338 e. The van der Waals surface area contributed by atoms with Gasteiger partial charge in [-0.3, -0.25) is 19.0 Å². The van der Waals surface area contributed by atoms with Crippen LogP contribution in [0, 0.1) is 5.92 Å². The highest BCUT2D eigenvalue weighted by Gasteiger charge is 2.50. The summed E-state index contributed by atoms with van der Waals surface area (Å²) in [6.07, 6.45) is 1.21. The molecule has 3 aromatic carbocycles. The van der Waals surface area contributed by atoms with Gasteiger partial charge < -0.3 is 53.2 Å². The maximum atomic E-state index is 13.6. The van der Waals surface area contributed by atoms with Gasteiger partial charge in [-0.25, -0.2) is 34.3 Å². The van der Waals surface area contributed by atoms with Crippen molar-refractivity contribution < 1.29 is 71.8 Å². The number of hydrogen-bond donors (Lipinski definition) is 2. The first-order valence-corrected chi connectivity index (χ1v) is 26.7. The molecule has 2 saturated heterocycles. The summed E-state index contributed by atoms with van der Waals surface area (Å²) in [6, 6.07) is 25.1. The minimum atomic E-state index is -1.20. The Balaban J connectivity index is 0.881. The summed E-state index contributed by atoms with van der Waals surface area (Å²) in [4.78, 5) is 96.6. The van der Waals surface area contributed by atoms with Gasteiger partial charge in [-0.2, -0.15) is 0 Å². The number of amides is 1. The molecule has 2 aliphatic rings. The Morgan fingerprint density at radius 1 is 0.684 bits per heavy atom. The number of carboxylic acids is 1. The summed E-state index contributed by atoms with van der Waals surface area (Å²) in [6.45, 7) is 4.25. The van der Waals surface area contributed by atoms with E-state index in [2.05, 4.69) is 25.3 Å². The lowest BCUT2D eigenvalue weighted by atomic mass is 9.91.